The minimum absolute atomic E-state index is 0.0618. The van der Waals surface area contributed by atoms with Crippen LogP contribution in [0.2, 0.25) is 0 Å². The third kappa shape index (κ3) is 4.54. The summed E-state index contributed by atoms with van der Waals surface area (Å²) in [6.45, 7) is 5.36. The Kier molecular flexibility index (Phi) is 6.87. The number of aromatic nitrogens is 2. The van der Waals surface area contributed by atoms with Gasteiger partial charge in [0.2, 0.25) is 17.8 Å². The number of carbonyl (C=O) groups excluding carboxylic acids is 2. The minimum Gasteiger partial charge on any atom is -0.497 e. The molecule has 32 heavy (non-hydrogen) atoms. The number of methoxy groups -OCH3 is 1. The van der Waals surface area contributed by atoms with E-state index in [1.54, 1.807) is 25.6 Å². The van der Waals surface area contributed by atoms with E-state index in [9.17, 15) is 9.59 Å². The number of piperazine rings is 1. The summed E-state index contributed by atoms with van der Waals surface area (Å²) in [5.74, 6) is 1.21. The van der Waals surface area contributed by atoms with Crippen LogP contribution in [-0.4, -0.2) is 71.4 Å². The normalized spacial score (nSPS) is 21.2. The molecule has 2 aliphatic rings. The predicted octanol–water partition coefficient (Wildman–Crippen LogP) is 2.52. The number of hydrogen-bond acceptors (Lipinski definition) is 6. The number of anilines is 1. The molecule has 0 N–H and O–H groups in total. The number of likely N-dealkylation sites (tertiary alicyclic amines) is 1. The highest BCUT2D eigenvalue weighted by Gasteiger charge is 2.45. The van der Waals surface area contributed by atoms with E-state index in [4.69, 9.17) is 4.74 Å². The Morgan fingerprint density at radius 1 is 1.09 bits per heavy atom. The van der Waals surface area contributed by atoms with Gasteiger partial charge in [0, 0.05) is 51.5 Å². The summed E-state index contributed by atoms with van der Waals surface area (Å²) >= 11 is 0. The van der Waals surface area contributed by atoms with Crippen molar-refractivity contribution in [1.82, 2.24) is 19.8 Å². The molecule has 0 spiro atoms. The number of amides is 2. The number of benzene rings is 1. The number of nitrogens with zero attached hydrogens (tertiary/aromatic N) is 5. The standard InChI is InChI=1S/C24H31N5O3/c1-3-4-12-29-21(30)17-20(22(29)18-6-8-19(32-2)9-7-18)23(31)27-13-15-28(16-14-27)24-25-10-5-11-26-24/h5-11,20,22H,3-4,12-17H2,1-2H3/t20-,22+/m1/s1. The molecule has 4 rings (SSSR count). The van der Waals surface area contributed by atoms with Crippen molar-refractivity contribution in [3.63, 3.8) is 0 Å². The van der Waals surface area contributed by atoms with Gasteiger partial charge in [-0.3, -0.25) is 9.59 Å². The Labute approximate surface area is 189 Å². The molecule has 0 unspecified atom stereocenters. The third-order valence-corrected chi connectivity index (χ3v) is 6.39. The van der Waals surface area contributed by atoms with E-state index < -0.39 is 0 Å². The molecule has 0 radical (unpaired) electrons. The third-order valence-electron chi connectivity index (χ3n) is 6.39. The highest BCUT2D eigenvalue weighted by Crippen LogP contribution is 2.40. The van der Waals surface area contributed by atoms with Gasteiger partial charge in [-0.25, -0.2) is 9.97 Å². The average molecular weight is 438 g/mol. The maximum Gasteiger partial charge on any atom is 0.228 e. The molecule has 0 saturated carbocycles. The molecule has 170 valence electrons. The highest BCUT2D eigenvalue weighted by atomic mass is 16.5. The van der Waals surface area contributed by atoms with E-state index in [1.807, 2.05) is 34.1 Å². The van der Waals surface area contributed by atoms with Crippen LogP contribution in [0.25, 0.3) is 0 Å². The van der Waals surface area contributed by atoms with E-state index in [2.05, 4.69) is 21.8 Å². The smallest absolute Gasteiger partial charge is 0.228 e. The van der Waals surface area contributed by atoms with Crippen molar-refractivity contribution in [3.05, 3.63) is 48.3 Å². The molecule has 2 aromatic rings. The SMILES string of the molecule is CCCCN1C(=O)C[C@@H](C(=O)N2CCN(c3ncccn3)CC2)[C@@H]1c1ccc(OC)cc1. The first-order valence-corrected chi connectivity index (χ1v) is 11.4. The van der Waals surface area contributed by atoms with E-state index in [0.717, 1.165) is 24.2 Å². The van der Waals surface area contributed by atoms with Gasteiger partial charge in [0.1, 0.15) is 5.75 Å². The molecule has 2 fully saturated rings. The Morgan fingerprint density at radius 2 is 1.78 bits per heavy atom. The van der Waals surface area contributed by atoms with Gasteiger partial charge in [0.05, 0.1) is 19.1 Å². The summed E-state index contributed by atoms with van der Waals surface area (Å²) in [6, 6.07) is 9.32. The molecular formula is C24H31N5O3. The summed E-state index contributed by atoms with van der Waals surface area (Å²) in [6.07, 6.45) is 5.65. The zero-order valence-electron chi connectivity index (χ0n) is 18.8. The van der Waals surface area contributed by atoms with Crippen LogP contribution in [0.1, 0.15) is 37.8 Å². The van der Waals surface area contributed by atoms with Gasteiger partial charge < -0.3 is 19.4 Å². The molecule has 2 atom stereocenters. The van der Waals surface area contributed by atoms with E-state index in [-0.39, 0.29) is 30.2 Å². The highest BCUT2D eigenvalue weighted by molar-refractivity contribution is 5.90. The van der Waals surface area contributed by atoms with Gasteiger partial charge in [0.15, 0.2) is 0 Å². The van der Waals surface area contributed by atoms with Crippen LogP contribution in [0.5, 0.6) is 5.75 Å². The van der Waals surface area contributed by atoms with Crippen LogP contribution in [-0.2, 0) is 9.59 Å². The number of ether oxygens (including phenoxy) is 1. The molecule has 2 saturated heterocycles. The van der Waals surface area contributed by atoms with Crippen molar-refractivity contribution in [2.45, 2.75) is 32.2 Å². The van der Waals surface area contributed by atoms with E-state index in [0.29, 0.717) is 38.7 Å². The van der Waals surface area contributed by atoms with Crippen LogP contribution in [0.15, 0.2) is 42.7 Å². The van der Waals surface area contributed by atoms with Gasteiger partial charge in [-0.05, 0) is 30.2 Å². The zero-order chi connectivity index (χ0) is 22.5. The van der Waals surface area contributed by atoms with Crippen molar-refractivity contribution in [2.24, 2.45) is 5.92 Å². The first kappa shape index (κ1) is 22.0. The molecule has 2 amide bonds. The van der Waals surface area contributed by atoms with E-state index >= 15 is 0 Å². The molecular weight excluding hydrogens is 406 g/mol. The fourth-order valence-corrected chi connectivity index (χ4v) is 4.63. The van der Waals surface area contributed by atoms with Crippen LogP contribution in [0.4, 0.5) is 5.95 Å². The summed E-state index contributed by atoms with van der Waals surface area (Å²) < 4.78 is 5.29. The molecule has 3 heterocycles. The lowest BCUT2D eigenvalue weighted by molar-refractivity contribution is -0.136. The summed E-state index contributed by atoms with van der Waals surface area (Å²) in [4.78, 5) is 41.0. The maximum atomic E-state index is 13.6. The Hall–Kier alpha value is -3.16. The van der Waals surface area contributed by atoms with Gasteiger partial charge in [0.25, 0.3) is 0 Å². The van der Waals surface area contributed by atoms with Crippen LogP contribution >= 0.6 is 0 Å². The van der Waals surface area contributed by atoms with Crippen LogP contribution in [0, 0.1) is 5.92 Å². The Balaban J connectivity index is 1.50. The molecule has 8 heteroatoms. The van der Waals surface area contributed by atoms with Crippen molar-refractivity contribution >= 4 is 17.8 Å². The van der Waals surface area contributed by atoms with Crippen LogP contribution < -0.4 is 9.64 Å². The molecule has 0 bridgehead atoms. The Bertz CT molecular complexity index is 913. The van der Waals surface area contributed by atoms with E-state index in [1.165, 1.54) is 0 Å². The van der Waals surface area contributed by atoms with Gasteiger partial charge in [-0.15, -0.1) is 0 Å². The molecule has 0 aliphatic carbocycles. The first-order chi connectivity index (χ1) is 15.6. The second-order valence-electron chi connectivity index (χ2n) is 8.33. The van der Waals surface area contributed by atoms with Gasteiger partial charge in [-0.1, -0.05) is 25.5 Å². The summed E-state index contributed by atoms with van der Waals surface area (Å²) in [7, 11) is 1.63. The number of carbonyl (C=O) groups is 2. The quantitative estimate of drug-likeness (QED) is 0.662. The van der Waals surface area contributed by atoms with Crippen molar-refractivity contribution in [3.8, 4) is 5.75 Å². The number of hydrogen-bond donors (Lipinski definition) is 0. The number of rotatable bonds is 7. The van der Waals surface area contributed by atoms with Crippen molar-refractivity contribution < 1.29 is 14.3 Å². The fourth-order valence-electron chi connectivity index (χ4n) is 4.63. The zero-order valence-corrected chi connectivity index (χ0v) is 18.8. The van der Waals surface area contributed by atoms with Gasteiger partial charge >= 0.3 is 0 Å². The molecule has 2 aliphatic heterocycles. The number of unbranched alkanes of at least 4 members (excludes halogenated alkanes) is 1. The lowest BCUT2D eigenvalue weighted by Crippen LogP contribution is -2.51. The topological polar surface area (TPSA) is 78.9 Å². The predicted molar refractivity (Wildman–Crippen MR) is 121 cm³/mol. The van der Waals surface area contributed by atoms with Crippen molar-refractivity contribution in [2.75, 3.05) is 44.7 Å². The summed E-state index contributed by atoms with van der Waals surface area (Å²) in [5.41, 5.74) is 0.988. The summed E-state index contributed by atoms with van der Waals surface area (Å²) in [5, 5.41) is 0. The molecule has 1 aromatic carbocycles. The van der Waals surface area contributed by atoms with Gasteiger partial charge in [-0.2, -0.15) is 0 Å². The minimum atomic E-state index is -0.368. The maximum absolute atomic E-state index is 13.6. The monoisotopic (exact) mass is 437 g/mol. The Morgan fingerprint density at radius 3 is 2.41 bits per heavy atom. The first-order valence-electron chi connectivity index (χ1n) is 11.4. The fraction of sp³-hybridized carbons (Fsp3) is 0.500. The average Bonchev–Trinajstić information content (AvgIpc) is 3.18. The molecule has 8 nitrogen and oxygen atoms in total. The molecule has 1 aromatic heterocycles. The second kappa shape index (κ2) is 9.97. The lowest BCUT2D eigenvalue weighted by Gasteiger charge is -2.37. The van der Waals surface area contributed by atoms with Crippen LogP contribution in [0.3, 0.4) is 0 Å². The lowest BCUT2D eigenvalue weighted by atomic mass is 9.92. The largest absolute Gasteiger partial charge is 0.497 e. The van der Waals surface area contributed by atoms with Crippen molar-refractivity contribution in [1.29, 1.82) is 0 Å². The second-order valence-corrected chi connectivity index (χ2v) is 8.33.